The normalized spacial score (nSPS) is 13.2. The number of rotatable bonds is 5. The van der Waals surface area contributed by atoms with E-state index in [0.717, 1.165) is 11.6 Å². The van der Waals surface area contributed by atoms with E-state index < -0.39 is 26.7 Å². The van der Waals surface area contributed by atoms with Gasteiger partial charge >= 0.3 is 6.03 Å². The first-order valence-corrected chi connectivity index (χ1v) is 10.0. The maximum Gasteiger partial charge on any atom is 0.335 e. The summed E-state index contributed by atoms with van der Waals surface area (Å²) >= 11 is 0.0730. The molecule has 2 aromatic rings. The highest BCUT2D eigenvalue weighted by atomic mass is 32.2. The zero-order valence-electron chi connectivity index (χ0n) is 13.9. The van der Waals surface area contributed by atoms with Gasteiger partial charge in [-0.15, -0.1) is 0 Å². The van der Waals surface area contributed by atoms with Crippen LogP contribution in [0.5, 0.6) is 5.88 Å². The Labute approximate surface area is 157 Å². The van der Waals surface area contributed by atoms with Crippen LogP contribution in [0, 0.1) is 6.92 Å². The van der Waals surface area contributed by atoms with Gasteiger partial charge in [-0.3, -0.25) is 5.32 Å². The van der Waals surface area contributed by atoms with E-state index >= 15 is 0 Å². The number of hydrogen-bond donors (Lipinski definition) is 2. The van der Waals surface area contributed by atoms with Gasteiger partial charge in [0, 0.05) is 16.9 Å². The average Bonchev–Trinajstić information content (AvgIpc) is 3.03. The van der Waals surface area contributed by atoms with Gasteiger partial charge in [0.15, 0.2) is 0 Å². The number of hydrogen-bond acceptors (Lipinski definition) is 7. The first-order chi connectivity index (χ1) is 12.8. The molecule has 0 unspecified atom stereocenters. The minimum Gasteiger partial charge on any atom is -0.477 e. The SMILES string of the molecule is Cc1nc(NC(=O)NS(=O)(=O)c2ccccc2SC(F)F)nc2c1CCO2. The fourth-order valence-corrected chi connectivity index (χ4v) is 4.45. The first-order valence-electron chi connectivity index (χ1n) is 7.64. The lowest BCUT2D eigenvalue weighted by atomic mass is 10.2. The zero-order valence-corrected chi connectivity index (χ0v) is 15.5. The van der Waals surface area contributed by atoms with E-state index in [4.69, 9.17) is 4.74 Å². The molecule has 3 rings (SSSR count). The van der Waals surface area contributed by atoms with Crippen LogP contribution >= 0.6 is 11.8 Å². The Bertz CT molecular complexity index is 986. The van der Waals surface area contributed by atoms with Crippen molar-refractivity contribution < 1.29 is 26.7 Å². The summed E-state index contributed by atoms with van der Waals surface area (Å²) < 4.78 is 57.1. The Kier molecular flexibility index (Phi) is 5.46. The molecule has 8 nitrogen and oxygen atoms in total. The van der Waals surface area contributed by atoms with Gasteiger partial charge in [-0.1, -0.05) is 23.9 Å². The number of alkyl halides is 2. The summed E-state index contributed by atoms with van der Waals surface area (Å²) in [6.07, 6.45) is 0.653. The van der Waals surface area contributed by atoms with Crippen molar-refractivity contribution in [3.8, 4) is 5.88 Å². The van der Waals surface area contributed by atoms with Gasteiger partial charge in [0.05, 0.1) is 12.3 Å². The molecular formula is C15H14F2N4O4S2. The molecule has 0 saturated carbocycles. The first kappa shape index (κ1) is 19.3. The van der Waals surface area contributed by atoms with E-state index in [2.05, 4.69) is 15.3 Å². The van der Waals surface area contributed by atoms with Crippen LogP contribution < -0.4 is 14.8 Å². The highest BCUT2D eigenvalue weighted by Gasteiger charge is 2.24. The van der Waals surface area contributed by atoms with Gasteiger partial charge in [0.2, 0.25) is 11.8 Å². The van der Waals surface area contributed by atoms with Gasteiger partial charge in [-0.2, -0.15) is 13.8 Å². The van der Waals surface area contributed by atoms with Crippen molar-refractivity contribution in [1.82, 2.24) is 14.7 Å². The van der Waals surface area contributed by atoms with Crippen molar-refractivity contribution in [3.63, 3.8) is 0 Å². The second kappa shape index (κ2) is 7.64. The topological polar surface area (TPSA) is 110 Å². The fourth-order valence-electron chi connectivity index (χ4n) is 2.45. The molecule has 0 fully saturated rings. The average molecular weight is 416 g/mol. The largest absolute Gasteiger partial charge is 0.477 e. The smallest absolute Gasteiger partial charge is 0.335 e. The number of carbonyl (C=O) groups is 1. The van der Waals surface area contributed by atoms with Crippen LogP contribution in [-0.2, 0) is 16.4 Å². The van der Waals surface area contributed by atoms with Crippen LogP contribution in [0.2, 0.25) is 0 Å². The number of benzene rings is 1. The van der Waals surface area contributed by atoms with Crippen molar-refractivity contribution in [2.24, 2.45) is 0 Å². The molecule has 0 atom stereocenters. The predicted molar refractivity (Wildman–Crippen MR) is 93.6 cm³/mol. The van der Waals surface area contributed by atoms with Gasteiger partial charge in [-0.05, 0) is 19.1 Å². The molecule has 12 heteroatoms. The number of thioether (sulfide) groups is 1. The van der Waals surface area contributed by atoms with E-state index in [-0.39, 0.29) is 22.6 Å². The number of aryl methyl sites for hydroxylation is 1. The summed E-state index contributed by atoms with van der Waals surface area (Å²) in [7, 11) is -4.38. The molecule has 144 valence electrons. The van der Waals surface area contributed by atoms with Gasteiger partial charge in [-0.25, -0.2) is 22.9 Å². The molecular weight excluding hydrogens is 402 g/mol. The maximum absolute atomic E-state index is 12.6. The number of halogens is 2. The number of sulfonamides is 1. The van der Waals surface area contributed by atoms with Crippen LogP contribution in [-0.4, -0.2) is 36.8 Å². The Hall–Kier alpha value is -2.47. The summed E-state index contributed by atoms with van der Waals surface area (Å²) in [5.41, 5.74) is 1.43. The molecule has 0 bridgehead atoms. The number of urea groups is 1. The molecule has 0 spiro atoms. The Morgan fingerprint density at radius 3 is 2.78 bits per heavy atom. The fraction of sp³-hybridized carbons (Fsp3) is 0.267. The van der Waals surface area contributed by atoms with E-state index in [0.29, 0.717) is 24.6 Å². The van der Waals surface area contributed by atoms with Crippen LogP contribution in [0.1, 0.15) is 11.3 Å². The van der Waals surface area contributed by atoms with Crippen LogP contribution in [0.25, 0.3) is 0 Å². The lowest BCUT2D eigenvalue weighted by Crippen LogP contribution is -2.35. The van der Waals surface area contributed by atoms with Gasteiger partial charge in [0.1, 0.15) is 4.90 Å². The molecule has 1 aromatic heterocycles. The number of fused-ring (bicyclic) bond motifs is 1. The van der Waals surface area contributed by atoms with E-state index in [9.17, 15) is 22.0 Å². The number of nitrogens with zero attached hydrogens (tertiary/aromatic N) is 2. The molecule has 1 aromatic carbocycles. The third-order valence-electron chi connectivity index (χ3n) is 3.57. The molecule has 0 aliphatic carbocycles. The molecule has 0 saturated heterocycles. The number of anilines is 1. The minimum atomic E-state index is -4.38. The van der Waals surface area contributed by atoms with Gasteiger partial charge in [0.25, 0.3) is 15.8 Å². The molecule has 27 heavy (non-hydrogen) atoms. The van der Waals surface area contributed by atoms with Gasteiger partial charge < -0.3 is 4.74 Å². The number of aromatic nitrogens is 2. The third-order valence-corrected chi connectivity index (χ3v) is 5.88. The molecule has 2 N–H and O–H groups in total. The number of ether oxygens (including phenoxy) is 1. The standard InChI is InChI=1S/C15H14F2N4O4S2/c1-8-9-6-7-25-12(9)19-14(18-8)20-15(22)21-27(23,24)11-5-3-2-4-10(11)26-13(16)17/h2-5,13H,6-7H2,1H3,(H2,18,19,20,21,22). The lowest BCUT2D eigenvalue weighted by molar-refractivity contribution is 0.252. The predicted octanol–water partition coefficient (Wildman–Crippen LogP) is 2.55. The number of nitrogens with one attached hydrogen (secondary N) is 2. The molecule has 1 aliphatic heterocycles. The molecule has 0 radical (unpaired) electrons. The quantitative estimate of drug-likeness (QED) is 0.721. The summed E-state index contributed by atoms with van der Waals surface area (Å²) in [4.78, 5) is 19.6. The van der Waals surface area contributed by atoms with Crippen LogP contribution in [0.3, 0.4) is 0 Å². The van der Waals surface area contributed by atoms with Crippen molar-refractivity contribution in [2.75, 3.05) is 11.9 Å². The summed E-state index contributed by atoms with van der Waals surface area (Å²) in [5, 5.41) is 2.21. The summed E-state index contributed by atoms with van der Waals surface area (Å²) in [6.45, 7) is 2.17. The third kappa shape index (κ3) is 4.45. The minimum absolute atomic E-state index is 0.0730. The maximum atomic E-state index is 12.6. The van der Waals surface area contributed by atoms with E-state index in [1.807, 2.05) is 0 Å². The van der Waals surface area contributed by atoms with E-state index in [1.54, 1.807) is 11.6 Å². The van der Waals surface area contributed by atoms with Crippen molar-refractivity contribution in [1.29, 1.82) is 0 Å². The molecule has 1 aliphatic rings. The monoisotopic (exact) mass is 416 g/mol. The van der Waals surface area contributed by atoms with Crippen LogP contribution in [0.4, 0.5) is 19.5 Å². The van der Waals surface area contributed by atoms with E-state index in [1.165, 1.54) is 18.2 Å². The second-order valence-electron chi connectivity index (χ2n) is 5.40. The lowest BCUT2D eigenvalue weighted by Gasteiger charge is -2.11. The summed E-state index contributed by atoms with van der Waals surface area (Å²) in [6, 6.07) is 4.03. The van der Waals surface area contributed by atoms with Crippen molar-refractivity contribution in [2.45, 2.75) is 28.9 Å². The highest BCUT2D eigenvalue weighted by molar-refractivity contribution is 8.00. The highest BCUT2D eigenvalue weighted by Crippen LogP contribution is 2.31. The Morgan fingerprint density at radius 2 is 2.04 bits per heavy atom. The zero-order chi connectivity index (χ0) is 19.6. The Balaban J connectivity index is 1.77. The van der Waals surface area contributed by atoms with Crippen molar-refractivity contribution in [3.05, 3.63) is 35.5 Å². The molecule has 2 heterocycles. The number of amides is 2. The van der Waals surface area contributed by atoms with Crippen LogP contribution in [0.15, 0.2) is 34.1 Å². The molecule has 2 amide bonds. The number of carbonyl (C=O) groups excluding carboxylic acids is 1. The summed E-state index contributed by atoms with van der Waals surface area (Å²) in [5.74, 6) is -2.60. The Morgan fingerprint density at radius 1 is 1.30 bits per heavy atom. The van der Waals surface area contributed by atoms with Crippen molar-refractivity contribution >= 4 is 33.8 Å². The second-order valence-corrected chi connectivity index (χ2v) is 8.08.